The van der Waals surface area contributed by atoms with Crippen LogP contribution in [0.2, 0.25) is 0 Å². The zero-order chi connectivity index (χ0) is 8.55. The molecule has 0 aliphatic rings. The van der Waals surface area contributed by atoms with Crippen molar-refractivity contribution in [3.63, 3.8) is 0 Å². The van der Waals surface area contributed by atoms with Crippen LogP contribution < -0.4 is 5.73 Å². The van der Waals surface area contributed by atoms with Crippen LogP contribution in [0.4, 0.5) is 5.95 Å². The highest BCUT2D eigenvalue weighted by Crippen LogP contribution is 2.21. The van der Waals surface area contributed by atoms with E-state index in [9.17, 15) is 0 Å². The highest BCUT2D eigenvalue weighted by atomic mass is 32.2. The third-order valence-corrected chi connectivity index (χ3v) is 2.18. The molecule has 6 heteroatoms. The van der Waals surface area contributed by atoms with Crippen molar-refractivity contribution < 1.29 is 0 Å². The smallest absolute Gasteiger partial charge is 0.223 e. The van der Waals surface area contributed by atoms with E-state index < -0.39 is 0 Å². The van der Waals surface area contributed by atoms with Crippen molar-refractivity contribution in [2.45, 2.75) is 5.03 Å². The summed E-state index contributed by atoms with van der Waals surface area (Å²) in [6.45, 7) is 0. The van der Waals surface area contributed by atoms with E-state index in [0.29, 0.717) is 5.65 Å². The fraction of sp³-hybridized carbons (Fsp3) is 0.167. The predicted molar refractivity (Wildman–Crippen MR) is 47.9 cm³/mol. The zero-order valence-electron chi connectivity index (χ0n) is 6.40. The number of anilines is 1. The first kappa shape index (κ1) is 7.35. The highest BCUT2D eigenvalue weighted by Gasteiger charge is 2.05. The van der Waals surface area contributed by atoms with Gasteiger partial charge in [0.15, 0.2) is 5.65 Å². The Kier molecular flexibility index (Phi) is 1.61. The normalized spacial score (nSPS) is 10.8. The molecule has 0 saturated carbocycles. The van der Waals surface area contributed by atoms with Crippen molar-refractivity contribution in [3.8, 4) is 0 Å². The summed E-state index contributed by atoms with van der Waals surface area (Å²) in [6, 6.07) is 0. The van der Waals surface area contributed by atoms with Gasteiger partial charge in [0.25, 0.3) is 0 Å². The largest absolute Gasteiger partial charge is 0.368 e. The first-order chi connectivity index (χ1) is 5.81. The van der Waals surface area contributed by atoms with E-state index in [1.165, 1.54) is 11.8 Å². The Labute approximate surface area is 72.8 Å². The Hall–Kier alpha value is -1.30. The number of nitrogens with two attached hydrogens (primary N) is 1. The summed E-state index contributed by atoms with van der Waals surface area (Å²) in [4.78, 5) is 8.04. The number of aromatic amines is 1. The lowest BCUT2D eigenvalue weighted by Crippen LogP contribution is -1.95. The SMILES string of the molecule is CSc1nc(N)nc2[nH]ncc12. The summed E-state index contributed by atoms with van der Waals surface area (Å²) in [5.74, 6) is 0.274. The van der Waals surface area contributed by atoms with Crippen LogP contribution in [-0.2, 0) is 0 Å². The molecule has 5 nitrogen and oxygen atoms in total. The molecule has 0 saturated heterocycles. The Morgan fingerprint density at radius 2 is 2.33 bits per heavy atom. The maximum atomic E-state index is 5.48. The minimum atomic E-state index is 0.274. The molecule has 0 unspecified atom stereocenters. The fourth-order valence-corrected chi connectivity index (χ4v) is 1.53. The summed E-state index contributed by atoms with van der Waals surface area (Å²) in [6.07, 6.45) is 3.63. The van der Waals surface area contributed by atoms with Crippen LogP contribution in [0.3, 0.4) is 0 Å². The lowest BCUT2D eigenvalue weighted by atomic mass is 10.4. The summed E-state index contributed by atoms with van der Waals surface area (Å²) in [5.41, 5.74) is 6.16. The van der Waals surface area contributed by atoms with Crippen LogP contribution in [0.15, 0.2) is 11.2 Å². The van der Waals surface area contributed by atoms with Crippen LogP contribution in [0.25, 0.3) is 11.0 Å². The summed E-state index contributed by atoms with van der Waals surface area (Å²) in [7, 11) is 0. The summed E-state index contributed by atoms with van der Waals surface area (Å²) < 4.78 is 0. The molecule has 2 aromatic rings. The van der Waals surface area contributed by atoms with E-state index in [1.54, 1.807) is 6.20 Å². The number of hydrogen-bond donors (Lipinski definition) is 2. The van der Waals surface area contributed by atoms with Gasteiger partial charge < -0.3 is 5.73 Å². The molecule has 2 heterocycles. The van der Waals surface area contributed by atoms with Crippen LogP contribution in [0.1, 0.15) is 0 Å². The lowest BCUT2D eigenvalue weighted by molar-refractivity contribution is 1.08. The molecule has 0 atom stereocenters. The first-order valence-electron chi connectivity index (χ1n) is 3.32. The number of rotatable bonds is 1. The van der Waals surface area contributed by atoms with E-state index >= 15 is 0 Å². The van der Waals surface area contributed by atoms with Crippen molar-refractivity contribution in [3.05, 3.63) is 6.20 Å². The average molecular weight is 181 g/mol. The second kappa shape index (κ2) is 2.63. The van der Waals surface area contributed by atoms with Gasteiger partial charge in [-0.15, -0.1) is 11.8 Å². The minimum Gasteiger partial charge on any atom is -0.368 e. The number of thioether (sulfide) groups is 1. The lowest BCUT2D eigenvalue weighted by Gasteiger charge is -1.97. The maximum absolute atomic E-state index is 5.48. The molecule has 2 aromatic heterocycles. The van der Waals surface area contributed by atoms with Gasteiger partial charge in [-0.1, -0.05) is 0 Å². The van der Waals surface area contributed by atoms with E-state index in [0.717, 1.165) is 10.4 Å². The zero-order valence-corrected chi connectivity index (χ0v) is 7.22. The van der Waals surface area contributed by atoms with Gasteiger partial charge in [-0.3, -0.25) is 5.10 Å². The van der Waals surface area contributed by atoms with Crippen LogP contribution in [0, 0.1) is 0 Å². The maximum Gasteiger partial charge on any atom is 0.223 e. The number of nitrogen functional groups attached to an aromatic ring is 1. The Morgan fingerprint density at radius 1 is 1.50 bits per heavy atom. The molecule has 0 aliphatic carbocycles. The molecule has 62 valence electrons. The second-order valence-corrected chi connectivity index (χ2v) is 3.02. The number of aromatic nitrogens is 4. The van der Waals surface area contributed by atoms with Crippen LogP contribution >= 0.6 is 11.8 Å². The molecule has 3 N–H and O–H groups in total. The molecular formula is C6H7N5S. The third-order valence-electron chi connectivity index (χ3n) is 1.49. The van der Waals surface area contributed by atoms with Gasteiger partial charge in [-0.25, -0.2) is 4.98 Å². The van der Waals surface area contributed by atoms with Gasteiger partial charge in [0.05, 0.1) is 11.6 Å². The summed E-state index contributed by atoms with van der Waals surface area (Å²) >= 11 is 1.53. The molecule has 12 heavy (non-hydrogen) atoms. The molecule has 0 aromatic carbocycles. The number of nitrogens with one attached hydrogen (secondary N) is 1. The van der Waals surface area contributed by atoms with Crippen LogP contribution in [-0.4, -0.2) is 26.4 Å². The topological polar surface area (TPSA) is 80.5 Å². The third kappa shape index (κ3) is 1.00. The number of fused-ring (bicyclic) bond motifs is 1. The van der Waals surface area contributed by atoms with Gasteiger partial charge in [0.2, 0.25) is 5.95 Å². The molecule has 0 radical (unpaired) electrons. The molecule has 0 amide bonds. The number of hydrogen-bond acceptors (Lipinski definition) is 5. The monoisotopic (exact) mass is 181 g/mol. The van der Waals surface area contributed by atoms with E-state index in [4.69, 9.17) is 5.73 Å². The van der Waals surface area contributed by atoms with Gasteiger partial charge in [-0.2, -0.15) is 10.1 Å². The molecule has 0 aliphatic heterocycles. The van der Waals surface area contributed by atoms with Gasteiger partial charge in [0, 0.05) is 0 Å². The number of nitrogens with zero attached hydrogens (tertiary/aromatic N) is 3. The van der Waals surface area contributed by atoms with Crippen molar-refractivity contribution in [2.24, 2.45) is 0 Å². The molecule has 0 bridgehead atoms. The van der Waals surface area contributed by atoms with Gasteiger partial charge >= 0.3 is 0 Å². The average Bonchev–Trinajstić information content (AvgIpc) is 2.50. The van der Waals surface area contributed by atoms with Gasteiger partial charge in [0.1, 0.15) is 5.03 Å². The molecule has 0 spiro atoms. The Bertz CT molecular complexity index is 409. The minimum absolute atomic E-state index is 0.274. The van der Waals surface area contributed by atoms with E-state index in [2.05, 4.69) is 20.2 Å². The second-order valence-electron chi connectivity index (χ2n) is 2.22. The van der Waals surface area contributed by atoms with Crippen LogP contribution in [0.5, 0.6) is 0 Å². The molecular weight excluding hydrogens is 174 g/mol. The van der Waals surface area contributed by atoms with Gasteiger partial charge in [-0.05, 0) is 6.26 Å². The van der Waals surface area contributed by atoms with E-state index in [1.807, 2.05) is 6.26 Å². The van der Waals surface area contributed by atoms with Crippen molar-refractivity contribution in [1.82, 2.24) is 20.2 Å². The standard InChI is InChI=1S/C6H7N5S/c1-12-5-3-2-8-11-4(3)9-6(7)10-5/h2H,1H3,(H3,7,8,9,10,11). The summed E-state index contributed by atoms with van der Waals surface area (Å²) in [5, 5.41) is 8.36. The van der Waals surface area contributed by atoms with Crippen molar-refractivity contribution in [2.75, 3.05) is 12.0 Å². The highest BCUT2D eigenvalue weighted by molar-refractivity contribution is 7.98. The number of H-pyrrole nitrogens is 1. The van der Waals surface area contributed by atoms with Crippen molar-refractivity contribution in [1.29, 1.82) is 0 Å². The quantitative estimate of drug-likeness (QED) is 0.499. The molecule has 2 rings (SSSR count). The Balaban J connectivity index is 2.80. The fourth-order valence-electron chi connectivity index (χ4n) is 0.980. The Morgan fingerprint density at radius 3 is 3.08 bits per heavy atom. The van der Waals surface area contributed by atoms with E-state index in [-0.39, 0.29) is 5.95 Å². The predicted octanol–water partition coefficient (Wildman–Crippen LogP) is 0.657. The first-order valence-corrected chi connectivity index (χ1v) is 4.54. The van der Waals surface area contributed by atoms with Crippen molar-refractivity contribution >= 4 is 28.7 Å². The molecule has 0 fully saturated rings.